The van der Waals surface area contributed by atoms with Crippen LogP contribution in [0.5, 0.6) is 0 Å². The van der Waals surface area contributed by atoms with Crippen molar-refractivity contribution in [3.05, 3.63) is 6.92 Å². The molecule has 2 atom stereocenters. The zero-order valence-corrected chi connectivity index (χ0v) is 6.03. The minimum absolute atomic E-state index is 0.580. The first-order chi connectivity index (χ1) is 4.31. The predicted octanol–water partition coefficient (Wildman–Crippen LogP) is 2.79. The van der Waals surface area contributed by atoms with Crippen LogP contribution < -0.4 is 0 Å². The van der Waals surface area contributed by atoms with Gasteiger partial charge in [0.15, 0.2) is 0 Å². The molecule has 0 heterocycles. The van der Waals surface area contributed by atoms with Gasteiger partial charge < -0.3 is 0 Å². The minimum Gasteiger partial charge on any atom is -0.0533 e. The van der Waals surface area contributed by atoms with E-state index in [1.165, 1.54) is 38.5 Å². The molecule has 2 fully saturated rings. The monoisotopic (exact) mass is 123 g/mol. The molecule has 0 aromatic carbocycles. The van der Waals surface area contributed by atoms with Crippen LogP contribution in [-0.4, -0.2) is 0 Å². The summed E-state index contributed by atoms with van der Waals surface area (Å²) in [5.41, 5.74) is 0.580. The molecule has 0 heteroatoms. The van der Waals surface area contributed by atoms with Gasteiger partial charge in [-0.25, -0.2) is 0 Å². The standard InChI is InChI=1S/C9H15/c1-9-6-4-2-3-5-8(9)7-9/h8H,1-7H2. The van der Waals surface area contributed by atoms with Crippen molar-refractivity contribution in [3.8, 4) is 0 Å². The zero-order chi connectivity index (χ0) is 6.32. The molecule has 0 N–H and O–H groups in total. The maximum Gasteiger partial charge on any atom is -0.0266 e. The summed E-state index contributed by atoms with van der Waals surface area (Å²) in [6.07, 6.45) is 8.71. The maximum atomic E-state index is 4.26. The van der Waals surface area contributed by atoms with Crippen molar-refractivity contribution in [1.82, 2.24) is 0 Å². The molecule has 2 aliphatic carbocycles. The highest BCUT2D eigenvalue weighted by Gasteiger charge is 2.49. The lowest BCUT2D eigenvalue weighted by molar-refractivity contribution is 0.523. The van der Waals surface area contributed by atoms with Crippen molar-refractivity contribution in [2.75, 3.05) is 0 Å². The molecule has 0 aliphatic heterocycles. The van der Waals surface area contributed by atoms with E-state index in [0.717, 1.165) is 5.92 Å². The van der Waals surface area contributed by atoms with Crippen LogP contribution in [-0.2, 0) is 0 Å². The highest BCUT2D eigenvalue weighted by molar-refractivity contribution is 5.04. The van der Waals surface area contributed by atoms with Gasteiger partial charge in [-0.2, -0.15) is 0 Å². The highest BCUT2D eigenvalue weighted by Crippen LogP contribution is 2.59. The molecule has 9 heavy (non-hydrogen) atoms. The summed E-state index contributed by atoms with van der Waals surface area (Å²) in [6, 6.07) is 0. The molecule has 51 valence electrons. The summed E-state index contributed by atoms with van der Waals surface area (Å²) in [5.74, 6) is 1.03. The molecule has 0 aromatic rings. The lowest BCUT2D eigenvalue weighted by atomic mass is 10.0. The number of rotatable bonds is 0. The van der Waals surface area contributed by atoms with E-state index < -0.39 is 0 Å². The van der Waals surface area contributed by atoms with E-state index in [1.807, 2.05) is 0 Å². The summed E-state index contributed by atoms with van der Waals surface area (Å²) in [6.45, 7) is 4.26. The van der Waals surface area contributed by atoms with Crippen LogP contribution in [0, 0.1) is 18.3 Å². The van der Waals surface area contributed by atoms with Crippen LogP contribution in [0.4, 0.5) is 0 Å². The van der Waals surface area contributed by atoms with Gasteiger partial charge in [0.25, 0.3) is 0 Å². The Balaban J connectivity index is 2.00. The van der Waals surface area contributed by atoms with Gasteiger partial charge in [-0.3, -0.25) is 0 Å². The van der Waals surface area contributed by atoms with Crippen molar-refractivity contribution in [1.29, 1.82) is 0 Å². The van der Waals surface area contributed by atoms with E-state index in [-0.39, 0.29) is 0 Å². The molecule has 1 radical (unpaired) electrons. The van der Waals surface area contributed by atoms with E-state index >= 15 is 0 Å². The molecular formula is C9H15. The highest BCUT2D eigenvalue weighted by atomic mass is 14.5. The first-order valence-corrected chi connectivity index (χ1v) is 4.17. The fourth-order valence-electron chi connectivity index (χ4n) is 2.19. The van der Waals surface area contributed by atoms with Crippen molar-refractivity contribution in [2.24, 2.45) is 11.3 Å². The quantitative estimate of drug-likeness (QED) is 0.464. The summed E-state index contributed by atoms with van der Waals surface area (Å²) in [5, 5.41) is 0. The Labute approximate surface area is 57.6 Å². The second-order valence-electron chi connectivity index (χ2n) is 3.86. The molecule has 0 aromatic heterocycles. The van der Waals surface area contributed by atoms with Gasteiger partial charge >= 0.3 is 0 Å². The van der Waals surface area contributed by atoms with Gasteiger partial charge in [0.1, 0.15) is 0 Å². The second kappa shape index (κ2) is 1.74. The van der Waals surface area contributed by atoms with E-state index in [1.54, 1.807) is 0 Å². The number of hydrogen-bond donors (Lipinski definition) is 0. The largest absolute Gasteiger partial charge is 0.0533 e. The van der Waals surface area contributed by atoms with E-state index in [4.69, 9.17) is 0 Å². The summed E-state index contributed by atoms with van der Waals surface area (Å²) in [7, 11) is 0. The van der Waals surface area contributed by atoms with Crippen LogP contribution in [0.2, 0.25) is 0 Å². The van der Waals surface area contributed by atoms with Crippen LogP contribution in [0.3, 0.4) is 0 Å². The Morgan fingerprint density at radius 3 is 3.00 bits per heavy atom. The lowest BCUT2D eigenvalue weighted by Crippen LogP contribution is -1.94. The third-order valence-electron chi connectivity index (χ3n) is 3.09. The van der Waals surface area contributed by atoms with Crippen LogP contribution in [0.25, 0.3) is 0 Å². The topological polar surface area (TPSA) is 0 Å². The minimum atomic E-state index is 0.580. The van der Waals surface area contributed by atoms with Crippen LogP contribution in [0.1, 0.15) is 38.5 Å². The van der Waals surface area contributed by atoms with E-state index in [2.05, 4.69) is 6.92 Å². The van der Waals surface area contributed by atoms with Gasteiger partial charge in [-0.1, -0.05) is 19.3 Å². The molecule has 0 nitrogen and oxygen atoms in total. The van der Waals surface area contributed by atoms with Gasteiger partial charge in [-0.15, -0.1) is 0 Å². The maximum absolute atomic E-state index is 4.26. The van der Waals surface area contributed by atoms with Crippen molar-refractivity contribution >= 4 is 0 Å². The molecule has 0 bridgehead atoms. The number of fused-ring (bicyclic) bond motifs is 1. The molecular weight excluding hydrogens is 108 g/mol. The molecule has 2 rings (SSSR count). The molecule has 2 unspecified atom stereocenters. The molecule has 0 saturated heterocycles. The SMILES string of the molecule is [CH2]C12CCCCCC1C2. The van der Waals surface area contributed by atoms with Gasteiger partial charge in [0.05, 0.1) is 0 Å². The van der Waals surface area contributed by atoms with Crippen molar-refractivity contribution in [2.45, 2.75) is 38.5 Å². The Morgan fingerprint density at radius 1 is 1.22 bits per heavy atom. The first-order valence-electron chi connectivity index (χ1n) is 4.17. The van der Waals surface area contributed by atoms with Gasteiger partial charge in [0.2, 0.25) is 0 Å². The van der Waals surface area contributed by atoms with E-state index in [0.29, 0.717) is 5.41 Å². The van der Waals surface area contributed by atoms with Gasteiger partial charge in [-0.05, 0) is 37.5 Å². The third kappa shape index (κ3) is 0.889. The van der Waals surface area contributed by atoms with Crippen LogP contribution in [0.15, 0.2) is 0 Å². The van der Waals surface area contributed by atoms with Crippen LogP contribution >= 0.6 is 0 Å². The molecule has 0 spiro atoms. The average molecular weight is 123 g/mol. The second-order valence-corrected chi connectivity index (χ2v) is 3.86. The Kier molecular flexibility index (Phi) is 1.12. The Bertz CT molecular complexity index is 117. The van der Waals surface area contributed by atoms with Gasteiger partial charge in [0, 0.05) is 0 Å². The third-order valence-corrected chi connectivity index (χ3v) is 3.09. The molecule has 2 saturated carbocycles. The van der Waals surface area contributed by atoms with Crippen molar-refractivity contribution in [3.63, 3.8) is 0 Å². The fraction of sp³-hybridized carbons (Fsp3) is 0.889. The summed E-state index contributed by atoms with van der Waals surface area (Å²) in [4.78, 5) is 0. The normalized spacial score (nSPS) is 49.7. The predicted molar refractivity (Wildman–Crippen MR) is 39.0 cm³/mol. The van der Waals surface area contributed by atoms with E-state index in [9.17, 15) is 0 Å². The van der Waals surface area contributed by atoms with Crippen molar-refractivity contribution < 1.29 is 0 Å². The first kappa shape index (κ1) is 5.76. The summed E-state index contributed by atoms with van der Waals surface area (Å²) >= 11 is 0. The number of hydrogen-bond acceptors (Lipinski definition) is 0. The zero-order valence-electron chi connectivity index (χ0n) is 6.03. The molecule has 2 aliphatic rings. The Morgan fingerprint density at radius 2 is 2.11 bits per heavy atom. The average Bonchev–Trinajstić information content (AvgIpc) is 2.40. The smallest absolute Gasteiger partial charge is 0.0266 e. The molecule has 0 amide bonds. The Hall–Kier alpha value is 0. The fourth-order valence-corrected chi connectivity index (χ4v) is 2.19. The lowest BCUT2D eigenvalue weighted by Gasteiger charge is -2.04. The summed E-state index contributed by atoms with van der Waals surface area (Å²) < 4.78 is 0.